The van der Waals surface area contributed by atoms with Crippen molar-refractivity contribution in [3.05, 3.63) is 93.0 Å². The third-order valence-electron chi connectivity index (χ3n) is 4.12. The minimum atomic E-state index is -6.31. The maximum Gasteiger partial charge on any atom is 0.336 e. The van der Waals surface area contributed by atoms with Crippen LogP contribution in [0.1, 0.15) is 11.1 Å². The van der Waals surface area contributed by atoms with Gasteiger partial charge >= 0.3 is 23.9 Å². The molecule has 0 saturated heterocycles. The Kier molecular flexibility index (Phi) is 7.81. The number of alkyl halides is 4. The van der Waals surface area contributed by atoms with Crippen molar-refractivity contribution in [2.45, 2.75) is 11.8 Å². The molecule has 0 aliphatic carbocycles. The first-order valence-electron chi connectivity index (χ1n) is 8.31. The zero-order valence-electron chi connectivity index (χ0n) is 16.2. The molecule has 0 amide bonds. The fraction of sp³-hybridized carbons (Fsp3) is 0.111. The molecule has 0 spiro atoms. The molecular weight excluding hydrogens is 574 g/mol. The maximum atomic E-state index is 13.9. The van der Waals surface area contributed by atoms with Crippen molar-refractivity contribution in [2.75, 3.05) is 0 Å². The molecule has 2 aromatic carbocycles. The summed E-state index contributed by atoms with van der Waals surface area (Å²) in [5.41, 5.74) is -6.84. The Morgan fingerprint density at radius 1 is 0.378 bits per heavy atom. The van der Waals surface area contributed by atoms with Gasteiger partial charge in [-0.25, -0.2) is 43.9 Å². The minimum absolute atomic E-state index is 2.62. The van der Waals surface area contributed by atoms with E-state index in [4.69, 9.17) is 0 Å². The van der Waals surface area contributed by atoms with E-state index < -0.39 is 105 Å². The lowest BCUT2D eigenvalue weighted by Gasteiger charge is -2.19. The third kappa shape index (κ3) is 4.65. The van der Waals surface area contributed by atoms with Gasteiger partial charge < -0.3 is 4.74 Å². The number of rotatable bonds is 6. The molecule has 2 rings (SSSR count). The first-order valence-corrected chi connectivity index (χ1v) is 8.31. The fourth-order valence-corrected chi connectivity index (χ4v) is 2.40. The third-order valence-corrected chi connectivity index (χ3v) is 4.12. The summed E-state index contributed by atoms with van der Waals surface area (Å²) in [4.78, 5) is 0. The molecule has 0 atom stereocenters. The van der Waals surface area contributed by atoms with Gasteiger partial charge in [-0.05, 0) is 0 Å². The highest BCUT2D eigenvalue weighted by Gasteiger charge is 2.51. The predicted octanol–water partition coefficient (Wildman–Crippen LogP) is 8.19. The summed E-state index contributed by atoms with van der Waals surface area (Å²) in [6.45, 7) is 0. The van der Waals surface area contributed by atoms with E-state index in [1.165, 1.54) is 0 Å². The summed E-state index contributed by atoms with van der Waals surface area (Å²) in [6.07, 6.45) is 0. The van der Waals surface area contributed by atoms with Gasteiger partial charge in [-0.15, -0.1) is 0 Å². The summed E-state index contributed by atoms with van der Waals surface area (Å²) < 4.78 is 245. The van der Waals surface area contributed by atoms with Crippen molar-refractivity contribution in [2.24, 2.45) is 0 Å². The van der Waals surface area contributed by atoms with E-state index >= 15 is 0 Å². The van der Waals surface area contributed by atoms with Gasteiger partial charge in [-0.3, -0.25) is 0 Å². The largest absolute Gasteiger partial charge is 0.400 e. The molecule has 2 aromatic rings. The van der Waals surface area contributed by atoms with Crippen LogP contribution in [-0.2, 0) is 16.6 Å². The Balaban J connectivity index is 2.63. The highest BCUT2D eigenvalue weighted by atomic mass is 19.3. The first-order chi connectivity index (χ1) is 16.7. The van der Waals surface area contributed by atoms with Crippen LogP contribution in [0.25, 0.3) is 0 Å². The fourth-order valence-electron chi connectivity index (χ4n) is 2.40. The highest BCUT2D eigenvalue weighted by molar-refractivity contribution is 5.34. The van der Waals surface area contributed by atoms with Gasteiger partial charge in [0.25, 0.3) is 0 Å². The summed E-state index contributed by atoms with van der Waals surface area (Å²) in [5, 5.41) is 0. The lowest BCUT2D eigenvalue weighted by Crippen LogP contribution is -2.24. The van der Waals surface area contributed by atoms with E-state index in [-0.39, 0.29) is 0 Å². The zero-order valence-corrected chi connectivity index (χ0v) is 16.2. The highest BCUT2D eigenvalue weighted by Crippen LogP contribution is 2.46. The molecule has 0 saturated carbocycles. The van der Waals surface area contributed by atoms with E-state index in [0.29, 0.717) is 0 Å². The zero-order chi connectivity index (χ0) is 28.9. The molecule has 0 N–H and O–H groups in total. The molecule has 1 nitrogen and oxygen atoms in total. The van der Waals surface area contributed by atoms with Crippen molar-refractivity contribution in [1.82, 2.24) is 0 Å². The molecule has 0 heterocycles. The molecule has 37 heavy (non-hydrogen) atoms. The second-order valence-electron chi connectivity index (χ2n) is 6.32. The molecule has 0 radical (unpaired) electrons. The van der Waals surface area contributed by atoms with Crippen molar-refractivity contribution < 1.29 is 83.8 Å². The van der Waals surface area contributed by atoms with Crippen LogP contribution in [-0.4, -0.2) is 0 Å². The number of benzene rings is 2. The summed E-state index contributed by atoms with van der Waals surface area (Å²) >= 11 is 0. The van der Waals surface area contributed by atoms with Crippen LogP contribution in [0, 0.1) is 58.2 Å². The van der Waals surface area contributed by atoms with Gasteiger partial charge in [0.05, 0.1) is 0 Å². The molecule has 19 heteroatoms. The maximum absolute atomic E-state index is 13.9. The van der Waals surface area contributed by atoms with Crippen molar-refractivity contribution >= 4 is 0 Å². The second kappa shape index (κ2) is 9.73. The monoisotopic (exact) mass is 574 g/mol. The quantitative estimate of drug-likeness (QED) is 0.146. The Labute approximate surface area is 189 Å². The van der Waals surface area contributed by atoms with E-state index in [9.17, 15) is 79.0 Å². The van der Waals surface area contributed by atoms with Crippen molar-refractivity contribution in [3.8, 4) is 0 Å². The SMILES string of the molecule is FC(OC(F)=C(F)C(F)(F)c1c(F)c(F)c(F)c(F)c1F)=C(F)C(F)(F)c1c(F)c(F)c(F)c(F)c1F. The minimum Gasteiger partial charge on any atom is -0.400 e. The predicted molar refractivity (Wildman–Crippen MR) is 79.8 cm³/mol. The molecule has 0 aromatic heterocycles. The van der Waals surface area contributed by atoms with Crippen LogP contribution >= 0.6 is 0 Å². The van der Waals surface area contributed by atoms with Crippen LogP contribution in [0.5, 0.6) is 0 Å². The van der Waals surface area contributed by atoms with Gasteiger partial charge in [0.1, 0.15) is 11.1 Å². The summed E-state index contributed by atoms with van der Waals surface area (Å²) in [6, 6.07) is -7.87. The van der Waals surface area contributed by atoms with Crippen LogP contribution in [0.3, 0.4) is 0 Å². The summed E-state index contributed by atoms with van der Waals surface area (Å²) in [5.74, 6) is -53.3. The van der Waals surface area contributed by atoms with E-state index in [2.05, 4.69) is 4.74 Å². The van der Waals surface area contributed by atoms with Gasteiger partial charge in [-0.2, -0.15) is 35.1 Å². The standard InChI is InChI=1S/C18F18O/c19-3-1(4(20)8(24)11(27)7(3)23)17(33,34)13(29)15(31)37-16(32)14(30)18(35,36)2-5(21)9(25)12(28)10(26)6(2)22. The van der Waals surface area contributed by atoms with Gasteiger partial charge in [0.2, 0.25) is 23.3 Å². The van der Waals surface area contributed by atoms with Crippen LogP contribution in [0.4, 0.5) is 79.0 Å². The van der Waals surface area contributed by atoms with Crippen molar-refractivity contribution in [3.63, 3.8) is 0 Å². The Bertz CT molecular complexity index is 1180. The number of hydrogen-bond acceptors (Lipinski definition) is 1. The second-order valence-corrected chi connectivity index (χ2v) is 6.32. The normalized spacial score (nSPS) is 14.0. The Hall–Kier alpha value is -3.54. The van der Waals surface area contributed by atoms with Gasteiger partial charge in [0, 0.05) is 0 Å². The lowest BCUT2D eigenvalue weighted by atomic mass is 10.0. The van der Waals surface area contributed by atoms with Gasteiger partial charge in [0.15, 0.2) is 46.5 Å². The van der Waals surface area contributed by atoms with Crippen LogP contribution in [0.2, 0.25) is 0 Å². The molecule has 0 aliphatic rings. The topological polar surface area (TPSA) is 9.23 Å². The smallest absolute Gasteiger partial charge is 0.336 e. The average molecular weight is 574 g/mol. The Morgan fingerprint density at radius 2 is 0.568 bits per heavy atom. The van der Waals surface area contributed by atoms with E-state index in [0.717, 1.165) is 0 Å². The van der Waals surface area contributed by atoms with Gasteiger partial charge in [-0.1, -0.05) is 0 Å². The number of allylic oxidation sites excluding steroid dienone is 2. The van der Waals surface area contributed by atoms with Crippen LogP contribution < -0.4 is 0 Å². The Morgan fingerprint density at radius 3 is 0.784 bits per heavy atom. The summed E-state index contributed by atoms with van der Waals surface area (Å²) in [7, 11) is 0. The average Bonchev–Trinajstić information content (AvgIpc) is 2.82. The molecule has 0 unspecified atom stereocenters. The number of ether oxygens (including phenoxy) is 1. The first kappa shape index (κ1) is 29.7. The lowest BCUT2D eigenvalue weighted by molar-refractivity contribution is -0.0215. The number of halogens is 18. The van der Waals surface area contributed by atoms with E-state index in [1.54, 1.807) is 0 Å². The molecular formula is C18F18O. The molecule has 0 fully saturated rings. The molecule has 0 bridgehead atoms. The molecule has 204 valence electrons. The number of hydrogen-bond donors (Lipinski definition) is 0. The van der Waals surface area contributed by atoms with Crippen molar-refractivity contribution in [1.29, 1.82) is 0 Å². The van der Waals surface area contributed by atoms with E-state index in [1.807, 2.05) is 0 Å². The van der Waals surface area contributed by atoms with Crippen LogP contribution in [0.15, 0.2) is 23.7 Å². The molecule has 0 aliphatic heterocycles.